The van der Waals surface area contributed by atoms with Crippen LogP contribution in [-0.2, 0) is 22.7 Å². The molecule has 2 atom stereocenters. The Balaban J connectivity index is 1.21. The van der Waals surface area contributed by atoms with E-state index in [9.17, 15) is 9.59 Å². The SMILES string of the molecule is O=C1CCC(N2Cc3cc(CN4CCN(c5cccc(Br)c5)CC4)ccc3C2S)C(=O)N1. The molecule has 0 aliphatic carbocycles. The Morgan fingerprint density at radius 1 is 1.06 bits per heavy atom. The first kappa shape index (κ1) is 21.9. The van der Waals surface area contributed by atoms with Gasteiger partial charge in [0.1, 0.15) is 0 Å². The van der Waals surface area contributed by atoms with E-state index in [0.717, 1.165) is 37.2 Å². The molecule has 2 fully saturated rings. The minimum Gasteiger partial charge on any atom is -0.369 e. The van der Waals surface area contributed by atoms with E-state index in [2.05, 4.69) is 78.4 Å². The second-order valence-electron chi connectivity index (χ2n) is 8.79. The number of rotatable bonds is 4. The van der Waals surface area contributed by atoms with Crippen LogP contribution in [-0.4, -0.2) is 53.8 Å². The summed E-state index contributed by atoms with van der Waals surface area (Å²) in [7, 11) is 0. The molecule has 5 rings (SSSR count). The van der Waals surface area contributed by atoms with Crippen LogP contribution in [0.2, 0.25) is 0 Å². The van der Waals surface area contributed by atoms with Crippen LogP contribution < -0.4 is 10.2 Å². The first-order chi connectivity index (χ1) is 15.5. The normalized spacial score (nSPS) is 24.5. The summed E-state index contributed by atoms with van der Waals surface area (Å²) in [5, 5.41) is 2.36. The number of nitrogens with zero attached hydrogens (tertiary/aromatic N) is 3. The molecule has 2 aromatic carbocycles. The van der Waals surface area contributed by atoms with Crippen molar-refractivity contribution >= 4 is 46.1 Å². The molecule has 8 heteroatoms. The lowest BCUT2D eigenvalue weighted by Gasteiger charge is -2.36. The molecule has 0 spiro atoms. The number of carbonyl (C=O) groups excluding carboxylic acids is 2. The minimum absolute atomic E-state index is 0.114. The minimum atomic E-state index is -0.294. The van der Waals surface area contributed by atoms with Crippen molar-refractivity contribution in [2.24, 2.45) is 0 Å². The van der Waals surface area contributed by atoms with Gasteiger partial charge in [-0.05, 0) is 41.3 Å². The van der Waals surface area contributed by atoms with Crippen LogP contribution in [0.15, 0.2) is 46.9 Å². The standard InChI is InChI=1S/C24H27BrN4O2S/c25-18-2-1-3-19(13-18)28-10-8-27(9-11-28)14-16-4-5-20-17(12-16)15-29(24(20)32)21-6-7-22(30)26-23(21)31/h1-5,12-13,21,24,32H,6-11,14-15H2,(H,26,30,31). The van der Waals surface area contributed by atoms with Crippen LogP contribution >= 0.6 is 28.6 Å². The topological polar surface area (TPSA) is 55.9 Å². The maximum Gasteiger partial charge on any atom is 0.243 e. The zero-order valence-electron chi connectivity index (χ0n) is 17.8. The Morgan fingerprint density at radius 2 is 1.88 bits per heavy atom. The number of carbonyl (C=O) groups is 2. The Morgan fingerprint density at radius 3 is 2.62 bits per heavy atom. The van der Waals surface area contributed by atoms with Gasteiger partial charge < -0.3 is 4.90 Å². The fourth-order valence-electron chi connectivity index (χ4n) is 4.98. The van der Waals surface area contributed by atoms with E-state index in [1.807, 2.05) is 0 Å². The van der Waals surface area contributed by atoms with Gasteiger partial charge in [0.2, 0.25) is 11.8 Å². The highest BCUT2D eigenvalue weighted by Crippen LogP contribution is 2.39. The van der Waals surface area contributed by atoms with Gasteiger partial charge in [-0.2, -0.15) is 12.6 Å². The summed E-state index contributed by atoms with van der Waals surface area (Å²) in [4.78, 5) is 30.9. The first-order valence-corrected chi connectivity index (χ1v) is 12.4. The zero-order chi connectivity index (χ0) is 22.2. The number of hydrogen-bond acceptors (Lipinski definition) is 6. The molecule has 6 nitrogen and oxygen atoms in total. The third-order valence-electron chi connectivity index (χ3n) is 6.71. The number of hydrogen-bond donors (Lipinski definition) is 2. The molecule has 0 aromatic heterocycles. The van der Waals surface area contributed by atoms with E-state index < -0.39 is 0 Å². The lowest BCUT2D eigenvalue weighted by molar-refractivity contribution is -0.137. The summed E-state index contributed by atoms with van der Waals surface area (Å²) in [5.74, 6) is -0.377. The van der Waals surface area contributed by atoms with E-state index in [1.54, 1.807) is 0 Å². The monoisotopic (exact) mass is 514 g/mol. The average molecular weight is 515 g/mol. The van der Waals surface area contributed by atoms with Gasteiger partial charge in [0.05, 0.1) is 11.4 Å². The number of fused-ring (bicyclic) bond motifs is 1. The predicted octanol–water partition coefficient (Wildman–Crippen LogP) is 3.32. The fraction of sp³-hybridized carbons (Fsp3) is 0.417. The third-order valence-corrected chi connectivity index (χ3v) is 7.78. The van der Waals surface area contributed by atoms with Crippen molar-refractivity contribution in [1.29, 1.82) is 0 Å². The molecule has 0 radical (unpaired) electrons. The van der Waals surface area contributed by atoms with E-state index in [-0.39, 0.29) is 23.2 Å². The molecule has 0 bridgehead atoms. The molecular weight excluding hydrogens is 488 g/mol. The maximum absolute atomic E-state index is 12.3. The Bertz CT molecular complexity index is 1040. The summed E-state index contributed by atoms with van der Waals surface area (Å²) in [6, 6.07) is 14.8. The first-order valence-electron chi connectivity index (χ1n) is 11.1. The van der Waals surface area contributed by atoms with Crippen molar-refractivity contribution in [2.45, 2.75) is 37.3 Å². The van der Waals surface area contributed by atoms with Crippen molar-refractivity contribution < 1.29 is 9.59 Å². The van der Waals surface area contributed by atoms with Gasteiger partial charge in [0.25, 0.3) is 0 Å². The van der Waals surface area contributed by atoms with Crippen LogP contribution in [0.25, 0.3) is 0 Å². The second kappa shape index (κ2) is 9.17. The molecule has 168 valence electrons. The molecule has 3 aliphatic rings. The Kier molecular flexibility index (Phi) is 6.29. The summed E-state index contributed by atoms with van der Waals surface area (Å²) >= 11 is 8.36. The quantitative estimate of drug-likeness (QED) is 0.484. The van der Waals surface area contributed by atoms with Crippen LogP contribution in [0.1, 0.15) is 34.9 Å². The summed E-state index contributed by atoms with van der Waals surface area (Å²) in [6.45, 7) is 5.71. The number of piperidine rings is 1. The summed E-state index contributed by atoms with van der Waals surface area (Å²) < 4.78 is 1.12. The molecule has 2 unspecified atom stereocenters. The summed E-state index contributed by atoms with van der Waals surface area (Å²) in [5.41, 5.74) is 4.97. The number of nitrogens with one attached hydrogen (secondary N) is 1. The van der Waals surface area contributed by atoms with Crippen LogP contribution in [0.3, 0.4) is 0 Å². The van der Waals surface area contributed by atoms with Gasteiger partial charge >= 0.3 is 0 Å². The van der Waals surface area contributed by atoms with Crippen LogP contribution in [0, 0.1) is 0 Å². The van der Waals surface area contributed by atoms with Crippen LogP contribution in [0.5, 0.6) is 0 Å². The maximum atomic E-state index is 12.3. The van der Waals surface area contributed by atoms with Gasteiger partial charge in [-0.3, -0.25) is 24.7 Å². The molecule has 3 heterocycles. The number of imide groups is 1. The highest BCUT2D eigenvalue weighted by atomic mass is 79.9. The lowest BCUT2D eigenvalue weighted by Crippen LogP contribution is -2.51. The van der Waals surface area contributed by atoms with Gasteiger partial charge in [-0.15, -0.1) is 0 Å². The summed E-state index contributed by atoms with van der Waals surface area (Å²) in [6.07, 6.45) is 0.950. The smallest absolute Gasteiger partial charge is 0.243 e. The van der Waals surface area contributed by atoms with E-state index in [0.29, 0.717) is 19.4 Å². The third kappa shape index (κ3) is 4.46. The van der Waals surface area contributed by atoms with Crippen molar-refractivity contribution in [1.82, 2.24) is 15.1 Å². The highest BCUT2D eigenvalue weighted by molar-refractivity contribution is 9.10. The number of anilines is 1. The molecule has 1 N–H and O–H groups in total. The molecule has 2 aromatic rings. The molecule has 2 amide bonds. The van der Waals surface area contributed by atoms with Crippen molar-refractivity contribution in [2.75, 3.05) is 31.1 Å². The number of benzene rings is 2. The molecule has 0 saturated carbocycles. The van der Waals surface area contributed by atoms with Gasteiger partial charge in [-0.1, -0.05) is 40.2 Å². The van der Waals surface area contributed by atoms with E-state index in [4.69, 9.17) is 12.6 Å². The highest BCUT2D eigenvalue weighted by Gasteiger charge is 2.39. The second-order valence-corrected chi connectivity index (χ2v) is 10.2. The van der Waals surface area contributed by atoms with Crippen molar-refractivity contribution in [3.63, 3.8) is 0 Å². The average Bonchev–Trinajstić information content (AvgIpc) is 3.10. The number of piperazine rings is 1. The zero-order valence-corrected chi connectivity index (χ0v) is 20.3. The number of halogens is 1. The molecule has 2 saturated heterocycles. The van der Waals surface area contributed by atoms with Crippen molar-refractivity contribution in [3.05, 3.63) is 63.6 Å². The number of amides is 2. The van der Waals surface area contributed by atoms with Crippen LogP contribution in [0.4, 0.5) is 5.69 Å². The van der Waals surface area contributed by atoms with Gasteiger partial charge in [0, 0.05) is 55.8 Å². The van der Waals surface area contributed by atoms with Crippen molar-refractivity contribution in [3.8, 4) is 0 Å². The Hall–Kier alpha value is -1.87. The van der Waals surface area contributed by atoms with E-state index >= 15 is 0 Å². The van der Waals surface area contributed by atoms with E-state index in [1.165, 1.54) is 22.4 Å². The molecule has 32 heavy (non-hydrogen) atoms. The molecule has 3 aliphatic heterocycles. The number of thiol groups is 1. The fourth-order valence-corrected chi connectivity index (χ4v) is 5.86. The predicted molar refractivity (Wildman–Crippen MR) is 132 cm³/mol. The largest absolute Gasteiger partial charge is 0.369 e. The Labute approximate surface area is 202 Å². The van der Waals surface area contributed by atoms with Gasteiger partial charge in [-0.25, -0.2) is 0 Å². The molecular formula is C24H27BrN4O2S. The van der Waals surface area contributed by atoms with Gasteiger partial charge in [0.15, 0.2) is 0 Å². The lowest BCUT2D eigenvalue weighted by atomic mass is 10.0.